The molecule has 1 heterocycles. The Bertz CT molecular complexity index is 753. The first kappa shape index (κ1) is 13.5. The molecule has 8 nitrogen and oxygen atoms in total. The summed E-state index contributed by atoms with van der Waals surface area (Å²) in [7, 11) is 0. The molecule has 4 N–H and O–H groups in total. The number of nitrogens with one attached hydrogen (secondary N) is 2. The van der Waals surface area contributed by atoms with Crippen molar-refractivity contribution in [1.29, 1.82) is 0 Å². The first-order chi connectivity index (χ1) is 10.1. The number of nitro groups is 1. The average molecular weight is 289 g/mol. The summed E-state index contributed by atoms with van der Waals surface area (Å²) >= 11 is 0. The Morgan fingerprint density at radius 1 is 1.52 bits per heavy atom. The molecule has 21 heavy (non-hydrogen) atoms. The number of nitrogens with two attached hydrogens (primary N) is 1. The molecule has 1 atom stereocenters. The van der Waals surface area contributed by atoms with E-state index in [1.54, 1.807) is 0 Å². The number of hydrogen-bond donors (Lipinski definition) is 3. The van der Waals surface area contributed by atoms with Crippen molar-refractivity contribution < 1.29 is 4.92 Å². The number of H-pyrrole nitrogens is 1. The number of benzene rings is 1. The summed E-state index contributed by atoms with van der Waals surface area (Å²) in [5, 5.41) is 14.6. The van der Waals surface area contributed by atoms with Gasteiger partial charge in [-0.1, -0.05) is 0 Å². The third-order valence-electron chi connectivity index (χ3n) is 3.74. The third-order valence-corrected chi connectivity index (χ3v) is 3.74. The predicted molar refractivity (Wildman–Crippen MR) is 78.2 cm³/mol. The molecule has 1 aromatic heterocycles. The van der Waals surface area contributed by atoms with Gasteiger partial charge in [-0.3, -0.25) is 14.9 Å². The van der Waals surface area contributed by atoms with Gasteiger partial charge in [0, 0.05) is 18.7 Å². The average Bonchev–Trinajstić information content (AvgIpc) is 3.28. The van der Waals surface area contributed by atoms with Crippen LogP contribution in [0.2, 0.25) is 0 Å². The Morgan fingerprint density at radius 3 is 2.90 bits per heavy atom. The van der Waals surface area contributed by atoms with Crippen LogP contribution in [-0.2, 0) is 0 Å². The Hall–Kier alpha value is -2.48. The maximum Gasteiger partial charge on any atom is 0.293 e. The van der Waals surface area contributed by atoms with E-state index in [1.165, 1.54) is 18.5 Å². The summed E-state index contributed by atoms with van der Waals surface area (Å²) in [6.07, 6.45) is 3.43. The molecule has 0 amide bonds. The molecule has 0 radical (unpaired) electrons. The molecule has 3 rings (SSSR count). The topological polar surface area (TPSA) is 127 Å². The van der Waals surface area contributed by atoms with Crippen molar-refractivity contribution in [3.8, 4) is 0 Å². The lowest BCUT2D eigenvalue weighted by Gasteiger charge is -2.17. The maximum atomic E-state index is 11.7. The van der Waals surface area contributed by atoms with E-state index in [2.05, 4.69) is 15.3 Å². The Balaban J connectivity index is 2.09. The highest BCUT2D eigenvalue weighted by molar-refractivity contribution is 5.86. The van der Waals surface area contributed by atoms with Gasteiger partial charge in [-0.15, -0.1) is 0 Å². The van der Waals surface area contributed by atoms with Crippen LogP contribution >= 0.6 is 0 Å². The van der Waals surface area contributed by atoms with Crippen molar-refractivity contribution >= 4 is 22.3 Å². The normalized spacial score (nSPS) is 15.9. The lowest BCUT2D eigenvalue weighted by molar-refractivity contribution is -0.383. The van der Waals surface area contributed by atoms with Crippen molar-refractivity contribution in [3.05, 3.63) is 38.9 Å². The lowest BCUT2D eigenvalue weighted by atomic mass is 10.1. The minimum absolute atomic E-state index is 0.00291. The molecule has 0 aliphatic heterocycles. The predicted octanol–water partition coefficient (Wildman–Crippen LogP) is 0.980. The molecule has 1 fully saturated rings. The monoisotopic (exact) mass is 289 g/mol. The number of aromatic nitrogens is 2. The minimum atomic E-state index is -0.505. The number of nitro benzene ring substituents is 1. The number of fused-ring (bicyclic) bond motifs is 1. The molecule has 1 aromatic carbocycles. The molecule has 0 spiro atoms. The summed E-state index contributed by atoms with van der Waals surface area (Å²) in [6, 6.07) is 2.79. The van der Waals surface area contributed by atoms with Crippen molar-refractivity contribution in [3.63, 3.8) is 0 Å². The van der Waals surface area contributed by atoms with Crippen molar-refractivity contribution in [2.24, 2.45) is 11.7 Å². The van der Waals surface area contributed by atoms with Crippen LogP contribution in [-0.4, -0.2) is 27.5 Å². The van der Waals surface area contributed by atoms with Crippen LogP contribution in [0.4, 0.5) is 11.4 Å². The fourth-order valence-electron chi connectivity index (χ4n) is 2.44. The number of anilines is 1. The largest absolute Gasteiger partial charge is 0.375 e. The summed E-state index contributed by atoms with van der Waals surface area (Å²) in [5.41, 5.74) is 5.96. The SMILES string of the molecule is NCC(Nc1cc2nc[nH]c(=O)c2cc1[N+](=O)[O-])C1CC1. The number of nitrogens with zero attached hydrogens (tertiary/aromatic N) is 2. The van der Waals surface area contributed by atoms with Crippen LogP contribution in [0.5, 0.6) is 0 Å². The van der Waals surface area contributed by atoms with Gasteiger partial charge in [0.1, 0.15) is 5.69 Å². The first-order valence-corrected chi connectivity index (χ1v) is 6.72. The van der Waals surface area contributed by atoms with Gasteiger partial charge >= 0.3 is 0 Å². The van der Waals surface area contributed by atoms with E-state index in [4.69, 9.17) is 5.73 Å². The van der Waals surface area contributed by atoms with Crippen LogP contribution in [0.1, 0.15) is 12.8 Å². The van der Waals surface area contributed by atoms with Gasteiger partial charge in [0.05, 0.1) is 22.2 Å². The molecule has 0 bridgehead atoms. The van der Waals surface area contributed by atoms with E-state index in [0.29, 0.717) is 23.7 Å². The fraction of sp³-hybridized carbons (Fsp3) is 0.385. The zero-order chi connectivity index (χ0) is 15.0. The molecule has 110 valence electrons. The first-order valence-electron chi connectivity index (χ1n) is 6.72. The van der Waals surface area contributed by atoms with Gasteiger partial charge in [0.25, 0.3) is 11.2 Å². The van der Waals surface area contributed by atoms with Crippen LogP contribution in [0.25, 0.3) is 10.9 Å². The summed E-state index contributed by atoms with van der Waals surface area (Å²) < 4.78 is 0. The van der Waals surface area contributed by atoms with E-state index < -0.39 is 10.5 Å². The standard InChI is InChI=1S/C13H15N5O3/c14-5-11(7-1-2-7)17-10-4-9-8(3-12(10)18(20)21)13(19)16-6-15-9/h3-4,6-7,11,17H,1-2,5,14H2,(H,15,16,19). The summed E-state index contributed by atoms with van der Waals surface area (Å²) in [6.45, 7) is 0.405. The Kier molecular flexibility index (Phi) is 3.30. The molecule has 1 aliphatic rings. The number of hydrogen-bond acceptors (Lipinski definition) is 6. The van der Waals surface area contributed by atoms with Crippen LogP contribution in [0.3, 0.4) is 0 Å². The van der Waals surface area contributed by atoms with E-state index >= 15 is 0 Å². The third kappa shape index (κ3) is 2.57. The smallest absolute Gasteiger partial charge is 0.293 e. The highest BCUT2D eigenvalue weighted by atomic mass is 16.6. The van der Waals surface area contributed by atoms with Gasteiger partial charge in [-0.2, -0.15) is 0 Å². The van der Waals surface area contributed by atoms with E-state index in [0.717, 1.165) is 12.8 Å². The second kappa shape index (κ2) is 5.13. The van der Waals surface area contributed by atoms with Crippen molar-refractivity contribution in [2.75, 3.05) is 11.9 Å². The zero-order valence-electron chi connectivity index (χ0n) is 11.2. The highest BCUT2D eigenvalue weighted by Crippen LogP contribution is 2.36. The van der Waals surface area contributed by atoms with Crippen molar-refractivity contribution in [2.45, 2.75) is 18.9 Å². The molecule has 1 saturated carbocycles. The summed E-state index contributed by atoms with van der Waals surface area (Å²) in [5.74, 6) is 0.456. The minimum Gasteiger partial charge on any atom is -0.375 e. The van der Waals surface area contributed by atoms with Gasteiger partial charge in [-0.25, -0.2) is 4.98 Å². The molecule has 2 aromatic rings. The molecule has 1 aliphatic carbocycles. The number of rotatable bonds is 5. The van der Waals surface area contributed by atoms with Crippen LogP contribution < -0.4 is 16.6 Å². The van der Waals surface area contributed by atoms with Crippen molar-refractivity contribution in [1.82, 2.24) is 9.97 Å². The van der Waals surface area contributed by atoms with Gasteiger partial charge in [0.2, 0.25) is 0 Å². The van der Waals surface area contributed by atoms with Crippen LogP contribution in [0, 0.1) is 16.0 Å². The van der Waals surface area contributed by atoms with Gasteiger partial charge in [0.15, 0.2) is 0 Å². The lowest BCUT2D eigenvalue weighted by Crippen LogP contribution is -2.31. The second-order valence-corrected chi connectivity index (χ2v) is 5.20. The summed E-state index contributed by atoms with van der Waals surface area (Å²) in [4.78, 5) is 28.9. The number of aromatic amines is 1. The van der Waals surface area contributed by atoms with E-state index in [-0.39, 0.29) is 17.1 Å². The quantitative estimate of drug-likeness (QED) is 0.556. The molecular weight excluding hydrogens is 274 g/mol. The maximum absolute atomic E-state index is 11.7. The Labute approximate surface area is 119 Å². The fourth-order valence-corrected chi connectivity index (χ4v) is 2.44. The molecule has 8 heteroatoms. The highest BCUT2D eigenvalue weighted by Gasteiger charge is 2.31. The van der Waals surface area contributed by atoms with Crippen LogP contribution in [0.15, 0.2) is 23.3 Å². The molecular formula is C13H15N5O3. The van der Waals surface area contributed by atoms with E-state index in [1.807, 2.05) is 0 Å². The molecule has 0 saturated heterocycles. The van der Waals surface area contributed by atoms with Gasteiger partial charge in [-0.05, 0) is 24.8 Å². The molecule has 1 unspecified atom stereocenters. The zero-order valence-corrected chi connectivity index (χ0v) is 11.2. The van der Waals surface area contributed by atoms with Gasteiger partial charge < -0.3 is 16.0 Å². The van der Waals surface area contributed by atoms with E-state index in [9.17, 15) is 14.9 Å². The second-order valence-electron chi connectivity index (χ2n) is 5.20. The Morgan fingerprint density at radius 2 is 2.29 bits per heavy atom.